The summed E-state index contributed by atoms with van der Waals surface area (Å²) in [5.41, 5.74) is 2.10. The van der Waals surface area contributed by atoms with Gasteiger partial charge in [-0.25, -0.2) is 0 Å². The molecule has 3 aromatic rings. The van der Waals surface area contributed by atoms with Crippen LogP contribution in [0.25, 0.3) is 10.8 Å². The molecule has 0 spiro atoms. The Morgan fingerprint density at radius 2 is 1.41 bits per heavy atom. The van der Waals surface area contributed by atoms with Crippen LogP contribution in [0.1, 0.15) is 25.0 Å². The highest BCUT2D eigenvalue weighted by atomic mass is 16.5. The number of hydrogen-bond donors (Lipinski definition) is 0. The molecule has 0 amide bonds. The van der Waals surface area contributed by atoms with Gasteiger partial charge in [0.25, 0.3) is 0 Å². The first-order valence-corrected chi connectivity index (χ1v) is 9.60. The Hall–Kier alpha value is -3.15. The third kappa shape index (κ3) is 4.16. The summed E-state index contributed by atoms with van der Waals surface area (Å²) in [5, 5.41) is 1.98. The van der Waals surface area contributed by atoms with E-state index in [0.717, 1.165) is 21.9 Å². The summed E-state index contributed by atoms with van der Waals surface area (Å²) in [6, 6.07) is 7.92. The fraction of sp³-hybridized carbons (Fsp3) is 0.348. The van der Waals surface area contributed by atoms with E-state index in [4.69, 9.17) is 23.7 Å². The van der Waals surface area contributed by atoms with Crippen LogP contribution in [0.3, 0.4) is 0 Å². The predicted octanol–water partition coefficient (Wildman–Crippen LogP) is 4.65. The number of fused-ring (bicyclic) bond motifs is 1. The first kappa shape index (κ1) is 20.6. The molecule has 1 aromatic heterocycles. The Balaban J connectivity index is 2.06. The van der Waals surface area contributed by atoms with E-state index in [1.807, 2.05) is 44.3 Å². The van der Waals surface area contributed by atoms with E-state index in [-0.39, 0.29) is 0 Å². The lowest BCUT2D eigenvalue weighted by molar-refractivity contribution is 0.288. The molecular weight excluding hydrogens is 370 g/mol. The Kier molecular flexibility index (Phi) is 6.65. The Morgan fingerprint density at radius 1 is 0.724 bits per heavy atom. The van der Waals surface area contributed by atoms with Crippen molar-refractivity contribution in [1.29, 1.82) is 0 Å². The van der Waals surface area contributed by atoms with E-state index in [9.17, 15) is 0 Å². The molecule has 0 aliphatic carbocycles. The van der Waals surface area contributed by atoms with E-state index in [1.54, 1.807) is 27.5 Å². The Labute approximate surface area is 171 Å². The van der Waals surface area contributed by atoms with Gasteiger partial charge >= 0.3 is 0 Å². The average molecular weight is 397 g/mol. The average Bonchev–Trinajstić information content (AvgIpc) is 2.74. The first-order chi connectivity index (χ1) is 14.2. The summed E-state index contributed by atoms with van der Waals surface area (Å²) in [6.07, 6.45) is 4.33. The van der Waals surface area contributed by atoms with Gasteiger partial charge in [-0.2, -0.15) is 0 Å². The smallest absolute Gasteiger partial charge is 0.203 e. The quantitative estimate of drug-likeness (QED) is 0.524. The molecule has 6 heteroatoms. The molecule has 0 saturated heterocycles. The second-order valence-electron chi connectivity index (χ2n) is 6.36. The van der Waals surface area contributed by atoms with Gasteiger partial charge < -0.3 is 23.7 Å². The zero-order chi connectivity index (χ0) is 20.8. The van der Waals surface area contributed by atoms with Crippen LogP contribution in [0, 0.1) is 0 Å². The molecular formula is C23H27NO5. The summed E-state index contributed by atoms with van der Waals surface area (Å²) >= 11 is 0. The molecule has 2 aromatic carbocycles. The molecule has 29 heavy (non-hydrogen) atoms. The third-order valence-corrected chi connectivity index (χ3v) is 4.65. The van der Waals surface area contributed by atoms with Crippen LogP contribution in [-0.2, 0) is 6.42 Å². The van der Waals surface area contributed by atoms with Crippen LogP contribution in [0.5, 0.6) is 28.7 Å². The van der Waals surface area contributed by atoms with E-state index in [0.29, 0.717) is 48.4 Å². The third-order valence-electron chi connectivity index (χ3n) is 4.65. The van der Waals surface area contributed by atoms with Crippen molar-refractivity contribution in [3.05, 3.63) is 47.8 Å². The Morgan fingerprint density at radius 3 is 2.00 bits per heavy atom. The largest absolute Gasteiger partial charge is 0.493 e. The van der Waals surface area contributed by atoms with Crippen molar-refractivity contribution in [3.8, 4) is 28.7 Å². The molecule has 1 heterocycles. The van der Waals surface area contributed by atoms with Crippen molar-refractivity contribution < 1.29 is 23.7 Å². The second kappa shape index (κ2) is 9.37. The topological polar surface area (TPSA) is 59.0 Å². The minimum Gasteiger partial charge on any atom is -0.493 e. The number of aromatic nitrogens is 1. The highest BCUT2D eigenvalue weighted by molar-refractivity contribution is 5.92. The van der Waals surface area contributed by atoms with Gasteiger partial charge in [0.2, 0.25) is 5.75 Å². The number of methoxy groups -OCH3 is 3. The van der Waals surface area contributed by atoms with Gasteiger partial charge in [0.15, 0.2) is 23.0 Å². The maximum absolute atomic E-state index is 5.70. The fourth-order valence-electron chi connectivity index (χ4n) is 3.42. The lowest BCUT2D eigenvalue weighted by Crippen LogP contribution is -2.01. The van der Waals surface area contributed by atoms with E-state index in [2.05, 4.69) is 4.98 Å². The summed E-state index contributed by atoms with van der Waals surface area (Å²) in [6.45, 7) is 4.98. The maximum Gasteiger partial charge on any atom is 0.203 e. The van der Waals surface area contributed by atoms with E-state index in [1.165, 1.54) is 0 Å². The lowest BCUT2D eigenvalue weighted by atomic mass is 9.99. The number of benzene rings is 2. The van der Waals surface area contributed by atoms with Gasteiger partial charge in [0.1, 0.15) is 0 Å². The molecule has 0 N–H and O–H groups in total. The van der Waals surface area contributed by atoms with Gasteiger partial charge in [-0.05, 0) is 55.0 Å². The molecule has 0 unspecified atom stereocenters. The van der Waals surface area contributed by atoms with Crippen molar-refractivity contribution in [2.75, 3.05) is 34.5 Å². The molecule has 0 atom stereocenters. The Bertz CT molecular complexity index is 961. The molecule has 154 valence electrons. The monoisotopic (exact) mass is 397 g/mol. The SMILES string of the molecule is CCOc1ccc2c(Cc3cc(OC)c(OCC)c(OC)c3)cncc2c1OC. The van der Waals surface area contributed by atoms with Crippen LogP contribution in [0.4, 0.5) is 0 Å². The number of nitrogens with zero attached hydrogens (tertiary/aromatic N) is 1. The molecule has 0 bridgehead atoms. The highest BCUT2D eigenvalue weighted by Gasteiger charge is 2.16. The van der Waals surface area contributed by atoms with Crippen molar-refractivity contribution in [2.45, 2.75) is 20.3 Å². The van der Waals surface area contributed by atoms with E-state index >= 15 is 0 Å². The molecule has 0 fully saturated rings. The van der Waals surface area contributed by atoms with Gasteiger partial charge in [0.05, 0.1) is 34.5 Å². The van der Waals surface area contributed by atoms with Gasteiger partial charge in [-0.15, -0.1) is 0 Å². The summed E-state index contributed by atoms with van der Waals surface area (Å²) in [4.78, 5) is 4.43. The zero-order valence-electron chi connectivity index (χ0n) is 17.6. The minimum atomic E-state index is 0.529. The van der Waals surface area contributed by atoms with Crippen LogP contribution >= 0.6 is 0 Å². The van der Waals surface area contributed by atoms with Crippen molar-refractivity contribution in [3.63, 3.8) is 0 Å². The first-order valence-electron chi connectivity index (χ1n) is 9.60. The standard InChI is InChI=1S/C23H27NO5/c1-6-28-19-9-8-17-16(13-24-14-18(17)22(19)27-5)10-15-11-20(25-3)23(29-7-2)21(12-15)26-4/h8-9,11-14H,6-7,10H2,1-5H3. The van der Waals surface area contributed by atoms with Crippen LogP contribution in [0.2, 0.25) is 0 Å². The van der Waals surface area contributed by atoms with Crippen LogP contribution in [0.15, 0.2) is 36.7 Å². The predicted molar refractivity (Wildman–Crippen MR) is 113 cm³/mol. The second-order valence-corrected chi connectivity index (χ2v) is 6.36. The fourth-order valence-corrected chi connectivity index (χ4v) is 3.42. The molecule has 3 rings (SSSR count). The van der Waals surface area contributed by atoms with Crippen molar-refractivity contribution in [1.82, 2.24) is 4.98 Å². The van der Waals surface area contributed by atoms with Crippen molar-refractivity contribution >= 4 is 10.8 Å². The lowest BCUT2D eigenvalue weighted by Gasteiger charge is -2.16. The highest BCUT2D eigenvalue weighted by Crippen LogP contribution is 2.40. The zero-order valence-corrected chi connectivity index (χ0v) is 17.6. The van der Waals surface area contributed by atoms with Gasteiger partial charge in [-0.3, -0.25) is 4.98 Å². The minimum absolute atomic E-state index is 0.529. The number of hydrogen-bond acceptors (Lipinski definition) is 6. The molecule has 0 aliphatic heterocycles. The molecule has 6 nitrogen and oxygen atoms in total. The molecule has 0 radical (unpaired) electrons. The number of pyridine rings is 1. The van der Waals surface area contributed by atoms with Crippen LogP contribution in [-0.4, -0.2) is 39.5 Å². The summed E-state index contributed by atoms with van der Waals surface area (Å²) < 4.78 is 28.1. The number of ether oxygens (including phenoxy) is 5. The molecule has 0 aliphatic rings. The summed E-state index contributed by atoms with van der Waals surface area (Å²) in [5.74, 6) is 3.31. The van der Waals surface area contributed by atoms with Crippen molar-refractivity contribution in [2.24, 2.45) is 0 Å². The maximum atomic E-state index is 5.70. The van der Waals surface area contributed by atoms with Crippen LogP contribution < -0.4 is 23.7 Å². The summed E-state index contributed by atoms with van der Waals surface area (Å²) in [7, 11) is 4.90. The number of rotatable bonds is 9. The van der Waals surface area contributed by atoms with Gasteiger partial charge in [-0.1, -0.05) is 6.07 Å². The van der Waals surface area contributed by atoms with E-state index < -0.39 is 0 Å². The van der Waals surface area contributed by atoms with Gasteiger partial charge in [0, 0.05) is 17.8 Å². The normalized spacial score (nSPS) is 10.7. The molecule has 0 saturated carbocycles.